The van der Waals surface area contributed by atoms with Crippen molar-refractivity contribution in [3.63, 3.8) is 0 Å². The molecule has 1 atom stereocenters. The van der Waals surface area contributed by atoms with Crippen LogP contribution in [0.5, 0.6) is 0 Å². The van der Waals surface area contributed by atoms with Crippen molar-refractivity contribution in [1.82, 2.24) is 5.32 Å². The van der Waals surface area contributed by atoms with Crippen LogP contribution in [0.4, 0.5) is 0 Å². The fourth-order valence-corrected chi connectivity index (χ4v) is 1.06. The second-order valence-electron chi connectivity index (χ2n) is 2.47. The maximum absolute atomic E-state index is 10.9. The Balaban J connectivity index is 2.54. The van der Waals surface area contributed by atoms with Gasteiger partial charge in [0, 0.05) is 6.54 Å². The minimum absolute atomic E-state index is 0.0972. The summed E-state index contributed by atoms with van der Waals surface area (Å²) in [6.45, 7) is 0.733. The molecule has 0 spiro atoms. The first-order valence-corrected chi connectivity index (χ1v) is 3.52. The van der Waals surface area contributed by atoms with Gasteiger partial charge in [0.2, 0.25) is 5.91 Å². The largest absolute Gasteiger partial charge is 0.355 e. The second-order valence-corrected chi connectivity index (χ2v) is 2.47. The molecular weight excluding hydrogens is 128 g/mol. The Morgan fingerprint density at radius 3 is 3.10 bits per heavy atom. The summed E-state index contributed by atoms with van der Waals surface area (Å²) < 4.78 is 0. The summed E-state index contributed by atoms with van der Waals surface area (Å²) in [6.07, 6.45) is 2.71. The molecule has 0 aliphatic carbocycles. The molecule has 54 valence electrons. The Hall–Kier alpha value is -1.04. The Labute approximate surface area is 60.0 Å². The van der Waals surface area contributed by atoms with Crippen molar-refractivity contribution in [2.24, 2.45) is 5.92 Å². The van der Waals surface area contributed by atoms with Gasteiger partial charge in [0.05, 0.1) is 6.07 Å². The van der Waals surface area contributed by atoms with Gasteiger partial charge in [0.1, 0.15) is 5.92 Å². The van der Waals surface area contributed by atoms with Crippen molar-refractivity contribution in [2.75, 3.05) is 6.54 Å². The summed E-state index contributed by atoms with van der Waals surface area (Å²) in [5.74, 6) is -0.498. The Morgan fingerprint density at radius 1 is 1.60 bits per heavy atom. The molecule has 1 aliphatic rings. The van der Waals surface area contributed by atoms with E-state index in [1.807, 2.05) is 6.07 Å². The summed E-state index contributed by atoms with van der Waals surface area (Å²) in [5, 5.41) is 11.2. The third kappa shape index (κ3) is 1.47. The standard InChI is InChI=1S/C7H10N2O/c8-5-6-3-1-2-4-9-7(6)10/h6H,1-4H2,(H,9,10). The third-order valence-corrected chi connectivity index (χ3v) is 1.69. The maximum Gasteiger partial charge on any atom is 0.237 e. The average molecular weight is 138 g/mol. The lowest BCUT2D eigenvalue weighted by molar-refractivity contribution is -0.123. The van der Waals surface area contributed by atoms with E-state index in [4.69, 9.17) is 5.26 Å². The predicted octanol–water partition coefficient (Wildman–Crippen LogP) is 0.426. The quantitative estimate of drug-likeness (QED) is 0.527. The van der Waals surface area contributed by atoms with E-state index < -0.39 is 5.92 Å². The van der Waals surface area contributed by atoms with Gasteiger partial charge in [-0.2, -0.15) is 5.26 Å². The molecule has 3 heteroatoms. The summed E-state index contributed by atoms with van der Waals surface area (Å²) in [7, 11) is 0. The number of hydrogen-bond donors (Lipinski definition) is 1. The Morgan fingerprint density at radius 2 is 2.40 bits per heavy atom. The summed E-state index contributed by atoms with van der Waals surface area (Å²) in [5.41, 5.74) is 0. The zero-order chi connectivity index (χ0) is 7.40. The number of nitrogens with one attached hydrogen (secondary N) is 1. The van der Waals surface area contributed by atoms with Gasteiger partial charge in [-0.1, -0.05) is 0 Å². The average Bonchev–Trinajstić information content (AvgIpc) is 2.13. The first-order chi connectivity index (χ1) is 4.84. The normalized spacial score (nSPS) is 26.3. The number of rotatable bonds is 0. The van der Waals surface area contributed by atoms with Crippen molar-refractivity contribution in [3.8, 4) is 6.07 Å². The van der Waals surface area contributed by atoms with Crippen LogP contribution in [0.2, 0.25) is 0 Å². The molecule has 1 unspecified atom stereocenters. The van der Waals surface area contributed by atoms with Gasteiger partial charge in [0.15, 0.2) is 0 Å². The number of hydrogen-bond acceptors (Lipinski definition) is 2. The topological polar surface area (TPSA) is 52.9 Å². The molecule has 0 aromatic rings. The van der Waals surface area contributed by atoms with Crippen LogP contribution >= 0.6 is 0 Å². The SMILES string of the molecule is N#CC1CCCCNC1=O. The van der Waals surface area contributed by atoms with Gasteiger partial charge in [-0.05, 0) is 19.3 Å². The lowest BCUT2D eigenvalue weighted by Gasteiger charge is -2.00. The van der Waals surface area contributed by atoms with Crippen LogP contribution in [-0.4, -0.2) is 12.5 Å². The highest BCUT2D eigenvalue weighted by Gasteiger charge is 2.18. The van der Waals surface area contributed by atoms with Crippen molar-refractivity contribution in [3.05, 3.63) is 0 Å². The van der Waals surface area contributed by atoms with Crippen LogP contribution in [0.25, 0.3) is 0 Å². The lowest BCUT2D eigenvalue weighted by Crippen LogP contribution is -2.27. The van der Waals surface area contributed by atoms with Gasteiger partial charge in [0.25, 0.3) is 0 Å². The maximum atomic E-state index is 10.9. The number of carbonyl (C=O) groups excluding carboxylic acids is 1. The first kappa shape index (κ1) is 7.07. The minimum atomic E-state index is -0.400. The van der Waals surface area contributed by atoms with E-state index in [-0.39, 0.29) is 5.91 Å². The molecule has 1 rings (SSSR count). The predicted molar refractivity (Wildman–Crippen MR) is 36.0 cm³/mol. The van der Waals surface area contributed by atoms with Gasteiger partial charge in [-0.25, -0.2) is 0 Å². The monoisotopic (exact) mass is 138 g/mol. The molecule has 1 N–H and O–H groups in total. The number of nitriles is 1. The molecule has 1 fully saturated rings. The van der Waals surface area contributed by atoms with Crippen LogP contribution in [0.3, 0.4) is 0 Å². The highest BCUT2D eigenvalue weighted by molar-refractivity contribution is 5.81. The molecule has 10 heavy (non-hydrogen) atoms. The highest BCUT2D eigenvalue weighted by Crippen LogP contribution is 2.10. The van der Waals surface area contributed by atoms with E-state index >= 15 is 0 Å². The highest BCUT2D eigenvalue weighted by atomic mass is 16.1. The molecule has 0 bridgehead atoms. The van der Waals surface area contributed by atoms with Crippen molar-refractivity contribution in [2.45, 2.75) is 19.3 Å². The summed E-state index contributed by atoms with van der Waals surface area (Å²) >= 11 is 0. The van der Waals surface area contributed by atoms with Crippen LogP contribution in [0, 0.1) is 17.2 Å². The van der Waals surface area contributed by atoms with Crippen LogP contribution < -0.4 is 5.32 Å². The van der Waals surface area contributed by atoms with Gasteiger partial charge in [-0.15, -0.1) is 0 Å². The van der Waals surface area contributed by atoms with E-state index in [0.717, 1.165) is 25.8 Å². The van der Waals surface area contributed by atoms with Gasteiger partial charge >= 0.3 is 0 Å². The number of carbonyl (C=O) groups is 1. The third-order valence-electron chi connectivity index (χ3n) is 1.69. The van der Waals surface area contributed by atoms with Crippen molar-refractivity contribution in [1.29, 1.82) is 5.26 Å². The van der Waals surface area contributed by atoms with E-state index in [1.165, 1.54) is 0 Å². The summed E-state index contributed by atoms with van der Waals surface area (Å²) in [4.78, 5) is 10.9. The molecular formula is C7H10N2O. The fraction of sp³-hybridized carbons (Fsp3) is 0.714. The Bertz CT molecular complexity index is 171. The molecule has 0 aromatic carbocycles. The van der Waals surface area contributed by atoms with Crippen LogP contribution in [-0.2, 0) is 4.79 Å². The van der Waals surface area contributed by atoms with Gasteiger partial charge in [-0.3, -0.25) is 4.79 Å². The number of nitrogens with zero attached hydrogens (tertiary/aromatic N) is 1. The summed E-state index contributed by atoms with van der Waals surface area (Å²) in [6, 6.07) is 1.98. The van der Waals surface area contributed by atoms with Crippen LogP contribution in [0.1, 0.15) is 19.3 Å². The molecule has 1 saturated heterocycles. The van der Waals surface area contributed by atoms with E-state index in [9.17, 15) is 4.79 Å². The first-order valence-electron chi connectivity index (χ1n) is 3.52. The zero-order valence-electron chi connectivity index (χ0n) is 5.76. The van der Waals surface area contributed by atoms with Gasteiger partial charge < -0.3 is 5.32 Å². The molecule has 1 aliphatic heterocycles. The van der Waals surface area contributed by atoms with E-state index in [1.54, 1.807) is 0 Å². The smallest absolute Gasteiger partial charge is 0.237 e. The van der Waals surface area contributed by atoms with Crippen molar-refractivity contribution < 1.29 is 4.79 Å². The van der Waals surface area contributed by atoms with Crippen molar-refractivity contribution >= 4 is 5.91 Å². The lowest BCUT2D eigenvalue weighted by atomic mass is 10.1. The molecule has 3 nitrogen and oxygen atoms in total. The molecule has 1 heterocycles. The number of amides is 1. The van der Waals surface area contributed by atoms with E-state index in [2.05, 4.69) is 5.32 Å². The van der Waals surface area contributed by atoms with E-state index in [0.29, 0.717) is 0 Å². The molecule has 0 radical (unpaired) electrons. The second kappa shape index (κ2) is 3.21. The zero-order valence-corrected chi connectivity index (χ0v) is 5.76. The Kier molecular flexibility index (Phi) is 2.27. The molecule has 0 aromatic heterocycles. The minimum Gasteiger partial charge on any atom is -0.355 e. The fourth-order valence-electron chi connectivity index (χ4n) is 1.06. The molecule has 0 saturated carbocycles. The molecule has 1 amide bonds. The van der Waals surface area contributed by atoms with Crippen LogP contribution in [0.15, 0.2) is 0 Å².